The number of benzene rings is 3. The maximum absolute atomic E-state index is 12.2. The minimum Gasteiger partial charge on any atom is -0.329 e. The molecule has 4 rings (SSSR count). The summed E-state index contributed by atoms with van der Waals surface area (Å²) in [6, 6.07) is 25.2. The summed E-state index contributed by atoms with van der Waals surface area (Å²) < 4.78 is 23.2. The molecule has 0 fully saturated rings. The van der Waals surface area contributed by atoms with E-state index in [2.05, 4.69) is 25.9 Å². The number of anilines is 6. The van der Waals surface area contributed by atoms with E-state index in [0.717, 1.165) is 5.69 Å². The summed E-state index contributed by atoms with van der Waals surface area (Å²) in [7, 11) is -1.25. The second-order valence-electron chi connectivity index (χ2n) is 8.18. The monoisotopic (exact) mass is 502 g/mol. The number of nitrogens with zero attached hydrogens (tertiary/aromatic N) is 3. The van der Waals surface area contributed by atoms with Crippen LogP contribution in [0.25, 0.3) is 0 Å². The van der Waals surface area contributed by atoms with Crippen molar-refractivity contribution in [2.45, 2.75) is 5.75 Å². The van der Waals surface area contributed by atoms with Gasteiger partial charge in [-0.25, -0.2) is 18.2 Å². The molecule has 0 unspecified atom stereocenters. The Morgan fingerprint density at radius 1 is 0.861 bits per heavy atom. The van der Waals surface area contributed by atoms with Crippen LogP contribution in [-0.4, -0.2) is 37.7 Å². The molecule has 0 spiro atoms. The summed E-state index contributed by atoms with van der Waals surface area (Å²) in [5.74, 6) is 0.999. The molecular formula is C26H26N6O3S. The van der Waals surface area contributed by atoms with Crippen molar-refractivity contribution < 1.29 is 13.2 Å². The maximum Gasteiger partial charge on any atom is 0.323 e. The van der Waals surface area contributed by atoms with E-state index in [4.69, 9.17) is 0 Å². The molecule has 0 saturated carbocycles. The quantitative estimate of drug-likeness (QED) is 0.304. The van der Waals surface area contributed by atoms with Gasteiger partial charge >= 0.3 is 6.03 Å². The molecule has 9 nitrogen and oxygen atoms in total. The van der Waals surface area contributed by atoms with Crippen molar-refractivity contribution >= 4 is 50.4 Å². The Labute approximate surface area is 210 Å². The highest BCUT2D eigenvalue weighted by atomic mass is 32.2. The summed E-state index contributed by atoms with van der Waals surface area (Å²) >= 11 is 0. The molecule has 1 aromatic heterocycles. The lowest BCUT2D eigenvalue weighted by Gasteiger charge is -2.19. The molecular weight excluding hydrogens is 476 g/mol. The third kappa shape index (κ3) is 7.03. The Balaban J connectivity index is 1.41. The normalized spacial score (nSPS) is 10.9. The average Bonchev–Trinajstić information content (AvgIpc) is 2.84. The number of nitrogens with one attached hydrogen (secondary N) is 3. The Bertz CT molecular complexity index is 1440. The van der Waals surface area contributed by atoms with E-state index in [-0.39, 0.29) is 11.8 Å². The Morgan fingerprint density at radius 3 is 2.22 bits per heavy atom. The van der Waals surface area contributed by atoms with E-state index < -0.39 is 9.84 Å². The van der Waals surface area contributed by atoms with Crippen LogP contribution < -0.4 is 20.9 Å². The van der Waals surface area contributed by atoms with Crippen LogP contribution in [0.15, 0.2) is 91.1 Å². The highest BCUT2D eigenvalue weighted by molar-refractivity contribution is 7.89. The first kappa shape index (κ1) is 24.7. The second-order valence-corrected chi connectivity index (χ2v) is 10.3. The van der Waals surface area contributed by atoms with Gasteiger partial charge in [-0.15, -0.1) is 0 Å². The molecule has 0 saturated heterocycles. The lowest BCUT2D eigenvalue weighted by molar-refractivity contribution is 0.262. The van der Waals surface area contributed by atoms with Gasteiger partial charge in [0.2, 0.25) is 5.95 Å². The number of amides is 2. The fourth-order valence-electron chi connectivity index (χ4n) is 3.48. The van der Waals surface area contributed by atoms with E-state index >= 15 is 0 Å². The molecule has 0 aliphatic heterocycles. The van der Waals surface area contributed by atoms with Crippen LogP contribution in [0.3, 0.4) is 0 Å². The molecule has 3 N–H and O–H groups in total. The van der Waals surface area contributed by atoms with Gasteiger partial charge in [-0.2, -0.15) is 4.98 Å². The fourth-order valence-corrected chi connectivity index (χ4v) is 4.27. The number of rotatable bonds is 8. The Morgan fingerprint density at radius 2 is 1.53 bits per heavy atom. The van der Waals surface area contributed by atoms with Crippen molar-refractivity contribution in [3.05, 3.63) is 96.7 Å². The van der Waals surface area contributed by atoms with Gasteiger partial charge in [0.25, 0.3) is 0 Å². The van der Waals surface area contributed by atoms with Gasteiger partial charge in [0.1, 0.15) is 5.82 Å². The van der Waals surface area contributed by atoms with E-state index in [9.17, 15) is 13.2 Å². The van der Waals surface area contributed by atoms with Crippen LogP contribution in [0, 0.1) is 0 Å². The molecule has 0 aliphatic carbocycles. The maximum atomic E-state index is 12.2. The van der Waals surface area contributed by atoms with E-state index in [0.29, 0.717) is 34.4 Å². The molecule has 3 aromatic carbocycles. The number of carbonyl (C=O) groups excluding carboxylic acids is 1. The van der Waals surface area contributed by atoms with Crippen LogP contribution in [0.1, 0.15) is 5.56 Å². The smallest absolute Gasteiger partial charge is 0.323 e. The molecule has 0 radical (unpaired) electrons. The Kier molecular flexibility index (Phi) is 7.45. The number of hydrogen-bond donors (Lipinski definition) is 3. The molecule has 4 aromatic rings. The topological polar surface area (TPSA) is 116 Å². The minimum atomic E-state index is -3.13. The van der Waals surface area contributed by atoms with Gasteiger partial charge in [-0.3, -0.25) is 0 Å². The molecule has 0 bridgehead atoms. The number of carbonyl (C=O) groups is 1. The molecule has 1 heterocycles. The van der Waals surface area contributed by atoms with Crippen LogP contribution in [0.5, 0.6) is 0 Å². The van der Waals surface area contributed by atoms with Crippen molar-refractivity contribution in [1.29, 1.82) is 0 Å². The summed E-state index contributed by atoms with van der Waals surface area (Å²) in [5, 5.41) is 8.72. The SMILES string of the molecule is CN(c1ccc(NC(=O)Nc2ccccc2)cc1)c1ccnc(Nc2cccc(CS(C)(=O)=O)c2)n1. The summed E-state index contributed by atoms with van der Waals surface area (Å²) in [6.07, 6.45) is 2.85. The predicted molar refractivity (Wildman–Crippen MR) is 144 cm³/mol. The molecule has 2 amide bonds. The summed E-state index contributed by atoms with van der Waals surface area (Å²) in [6.45, 7) is 0. The van der Waals surface area contributed by atoms with E-state index in [1.807, 2.05) is 72.6 Å². The van der Waals surface area contributed by atoms with Gasteiger partial charge in [0.05, 0.1) is 5.75 Å². The summed E-state index contributed by atoms with van der Waals surface area (Å²) in [4.78, 5) is 22.9. The van der Waals surface area contributed by atoms with Crippen molar-refractivity contribution in [2.75, 3.05) is 34.2 Å². The fraction of sp³-hybridized carbons (Fsp3) is 0.115. The standard InChI is InChI=1S/C26H26N6O3S/c1-32(23-13-11-21(12-14-23)30-26(33)29-20-8-4-3-5-9-20)24-15-16-27-25(31-24)28-22-10-6-7-19(17-22)18-36(2,34)35/h3-17H,18H2,1-2H3,(H,27,28,31)(H2,29,30,33). The minimum absolute atomic E-state index is 0.0368. The van der Waals surface area contributed by atoms with E-state index in [1.54, 1.807) is 30.5 Å². The average molecular weight is 503 g/mol. The molecule has 10 heteroatoms. The van der Waals surface area contributed by atoms with Crippen molar-refractivity contribution in [3.8, 4) is 0 Å². The first-order valence-electron chi connectivity index (χ1n) is 11.1. The van der Waals surface area contributed by atoms with Crippen molar-refractivity contribution in [2.24, 2.45) is 0 Å². The Hall–Kier alpha value is -4.44. The summed E-state index contributed by atoms with van der Waals surface area (Å²) in [5.41, 5.74) is 3.60. The van der Waals surface area contributed by atoms with Gasteiger partial charge in [-0.05, 0) is 60.2 Å². The lowest BCUT2D eigenvalue weighted by atomic mass is 10.2. The molecule has 36 heavy (non-hydrogen) atoms. The van der Waals surface area contributed by atoms with Crippen LogP contribution in [0.4, 0.5) is 39.3 Å². The largest absolute Gasteiger partial charge is 0.329 e. The number of para-hydroxylation sites is 1. The van der Waals surface area contributed by atoms with Gasteiger partial charge in [0.15, 0.2) is 9.84 Å². The molecule has 0 atom stereocenters. The van der Waals surface area contributed by atoms with Gasteiger partial charge in [0, 0.05) is 42.2 Å². The lowest BCUT2D eigenvalue weighted by Crippen LogP contribution is -2.19. The van der Waals surface area contributed by atoms with Crippen molar-refractivity contribution in [3.63, 3.8) is 0 Å². The van der Waals surface area contributed by atoms with Gasteiger partial charge in [-0.1, -0.05) is 30.3 Å². The first-order chi connectivity index (χ1) is 17.2. The zero-order chi connectivity index (χ0) is 25.5. The highest BCUT2D eigenvalue weighted by Crippen LogP contribution is 2.25. The van der Waals surface area contributed by atoms with E-state index in [1.165, 1.54) is 6.26 Å². The van der Waals surface area contributed by atoms with Crippen molar-refractivity contribution in [1.82, 2.24) is 9.97 Å². The number of sulfone groups is 1. The van der Waals surface area contributed by atoms with Crippen LogP contribution in [-0.2, 0) is 15.6 Å². The number of hydrogen-bond acceptors (Lipinski definition) is 7. The zero-order valence-electron chi connectivity index (χ0n) is 19.8. The predicted octanol–water partition coefficient (Wildman–Crippen LogP) is 5.18. The van der Waals surface area contributed by atoms with Crippen LogP contribution in [0.2, 0.25) is 0 Å². The van der Waals surface area contributed by atoms with Crippen LogP contribution >= 0.6 is 0 Å². The first-order valence-corrected chi connectivity index (χ1v) is 13.1. The molecule has 0 aliphatic rings. The zero-order valence-corrected chi connectivity index (χ0v) is 20.7. The highest BCUT2D eigenvalue weighted by Gasteiger charge is 2.10. The number of urea groups is 1. The molecule has 184 valence electrons. The second kappa shape index (κ2) is 10.9. The third-order valence-corrected chi connectivity index (χ3v) is 6.00. The number of aromatic nitrogens is 2. The third-order valence-electron chi connectivity index (χ3n) is 5.14. The van der Waals surface area contributed by atoms with Gasteiger partial charge < -0.3 is 20.9 Å².